The fraction of sp³-hybridized carbons (Fsp3) is 0.444. The topological polar surface area (TPSA) is 73.2 Å². The molecule has 1 amide bonds. The third kappa shape index (κ3) is 3.96. The Morgan fingerprint density at radius 3 is 2.50 bits per heavy atom. The first kappa shape index (κ1) is 20.9. The molecule has 5 nitrogen and oxygen atoms in total. The fourth-order valence-corrected chi connectivity index (χ4v) is 5.64. The smallest absolute Gasteiger partial charge is 0.231 e. The van der Waals surface area contributed by atoms with Gasteiger partial charge >= 0.3 is 0 Å². The third-order valence-corrected chi connectivity index (χ3v) is 7.57. The lowest BCUT2D eigenvalue weighted by atomic mass is 9.74. The molecule has 2 bridgehead atoms. The molecule has 0 unspecified atom stereocenters. The molecule has 32 heavy (non-hydrogen) atoms. The quantitative estimate of drug-likeness (QED) is 0.755. The monoisotopic (exact) mass is 427 g/mol. The predicted octanol–water partition coefficient (Wildman–Crippen LogP) is 4.04. The van der Waals surface area contributed by atoms with Gasteiger partial charge in [-0.25, -0.2) is 0 Å². The van der Waals surface area contributed by atoms with Crippen LogP contribution in [0.4, 0.5) is 5.69 Å². The minimum atomic E-state index is -0.296. The second kappa shape index (κ2) is 8.52. The molecular formula is C27H29N3O2. The number of anilines is 1. The van der Waals surface area contributed by atoms with Crippen LogP contribution in [-0.4, -0.2) is 30.8 Å². The number of hydrogen-bond donors (Lipinski definition) is 1. The van der Waals surface area contributed by atoms with Crippen LogP contribution in [-0.2, 0) is 22.4 Å². The van der Waals surface area contributed by atoms with Gasteiger partial charge in [-0.1, -0.05) is 36.4 Å². The van der Waals surface area contributed by atoms with E-state index >= 15 is 0 Å². The lowest BCUT2D eigenvalue weighted by Crippen LogP contribution is -2.56. The average molecular weight is 428 g/mol. The maximum atomic E-state index is 12.9. The molecule has 2 atom stereocenters. The molecule has 0 radical (unpaired) electrons. The molecule has 1 aliphatic carbocycles. The molecule has 0 spiro atoms. The number of piperidine rings is 2. The lowest BCUT2D eigenvalue weighted by Gasteiger charge is -2.43. The summed E-state index contributed by atoms with van der Waals surface area (Å²) in [4.78, 5) is 26.5. The van der Waals surface area contributed by atoms with Crippen LogP contribution >= 0.6 is 0 Å². The first-order valence-corrected chi connectivity index (χ1v) is 11.7. The Kier molecular flexibility index (Phi) is 5.57. The van der Waals surface area contributed by atoms with Crippen LogP contribution in [0.3, 0.4) is 0 Å². The van der Waals surface area contributed by atoms with Crippen LogP contribution < -0.4 is 10.2 Å². The number of rotatable bonds is 6. The number of amides is 1. The summed E-state index contributed by atoms with van der Waals surface area (Å²) < 4.78 is 0. The fourth-order valence-electron chi connectivity index (χ4n) is 5.64. The van der Waals surface area contributed by atoms with Gasteiger partial charge in [-0.2, -0.15) is 5.26 Å². The minimum absolute atomic E-state index is 0.0504. The Morgan fingerprint density at radius 1 is 1.12 bits per heavy atom. The van der Waals surface area contributed by atoms with Crippen molar-refractivity contribution >= 4 is 17.4 Å². The maximum absolute atomic E-state index is 12.9. The van der Waals surface area contributed by atoms with E-state index in [9.17, 15) is 14.9 Å². The molecule has 2 aromatic carbocycles. The molecule has 1 saturated carbocycles. The number of fused-ring (bicyclic) bond motifs is 4. The van der Waals surface area contributed by atoms with Gasteiger partial charge in [0.25, 0.3) is 0 Å². The van der Waals surface area contributed by atoms with Crippen molar-refractivity contribution in [1.82, 2.24) is 5.32 Å². The first-order valence-electron chi connectivity index (χ1n) is 11.7. The molecule has 3 fully saturated rings. The molecule has 3 aliphatic heterocycles. The van der Waals surface area contributed by atoms with E-state index in [-0.39, 0.29) is 23.7 Å². The number of likely N-dealkylation sites (N-methyl/N-ethyl adjacent to an activating group) is 1. The molecule has 4 aliphatic rings. The van der Waals surface area contributed by atoms with E-state index in [4.69, 9.17) is 0 Å². The standard InChI is InChI=1S/C27H29N3O2/c1-30-24-14-21(6-7-22(24)15-26(30)32)19-4-2-17(3-5-19)12-18(16-28)13-25(31)27-20-8-10-23(29-27)11-9-20/h2-7,14,18,20,23,27,29H,8-13,15H2,1H3/t18-,20?,23?,27+/m1/s1. The van der Waals surface area contributed by atoms with Crippen LogP contribution in [0.2, 0.25) is 0 Å². The molecule has 2 aromatic rings. The Balaban J connectivity index is 1.24. The van der Waals surface area contributed by atoms with E-state index in [1.165, 1.54) is 12.8 Å². The highest BCUT2D eigenvalue weighted by molar-refractivity contribution is 6.01. The van der Waals surface area contributed by atoms with Gasteiger partial charge in [0.05, 0.1) is 24.4 Å². The van der Waals surface area contributed by atoms with Crippen molar-refractivity contribution in [3.63, 3.8) is 0 Å². The van der Waals surface area contributed by atoms with E-state index in [0.717, 1.165) is 40.8 Å². The molecule has 0 aromatic heterocycles. The lowest BCUT2D eigenvalue weighted by molar-refractivity contribution is -0.125. The zero-order chi connectivity index (χ0) is 22.2. The Hall–Kier alpha value is -2.97. The van der Waals surface area contributed by atoms with E-state index in [1.807, 2.05) is 25.2 Å². The first-order chi connectivity index (χ1) is 15.5. The van der Waals surface area contributed by atoms with Crippen molar-refractivity contribution < 1.29 is 9.59 Å². The number of carbonyl (C=O) groups is 2. The number of carbonyl (C=O) groups excluding carboxylic acids is 2. The van der Waals surface area contributed by atoms with Crippen LogP contribution in [0.1, 0.15) is 43.2 Å². The van der Waals surface area contributed by atoms with Crippen molar-refractivity contribution in [2.24, 2.45) is 11.8 Å². The largest absolute Gasteiger partial charge is 0.315 e. The second-order valence-corrected chi connectivity index (χ2v) is 9.63. The van der Waals surface area contributed by atoms with Gasteiger partial charge < -0.3 is 10.2 Å². The summed E-state index contributed by atoms with van der Waals surface area (Å²) in [6.45, 7) is 0. The number of benzene rings is 2. The number of nitrogens with one attached hydrogen (secondary N) is 1. The second-order valence-electron chi connectivity index (χ2n) is 9.63. The van der Waals surface area contributed by atoms with Gasteiger partial charge in [0.1, 0.15) is 0 Å². The molecule has 5 heteroatoms. The van der Waals surface area contributed by atoms with E-state index in [0.29, 0.717) is 31.2 Å². The number of nitriles is 1. The number of ketones is 1. The number of nitrogens with zero attached hydrogens (tertiary/aromatic N) is 2. The Labute approximate surface area is 189 Å². The normalized spacial score (nSPS) is 24.8. The highest BCUT2D eigenvalue weighted by Gasteiger charge is 2.39. The Morgan fingerprint density at radius 2 is 1.84 bits per heavy atom. The maximum Gasteiger partial charge on any atom is 0.231 e. The van der Waals surface area contributed by atoms with Crippen molar-refractivity contribution in [3.05, 3.63) is 53.6 Å². The van der Waals surface area contributed by atoms with Crippen molar-refractivity contribution in [2.75, 3.05) is 11.9 Å². The van der Waals surface area contributed by atoms with Gasteiger partial charge in [0, 0.05) is 25.2 Å². The van der Waals surface area contributed by atoms with Gasteiger partial charge in [0.2, 0.25) is 5.91 Å². The average Bonchev–Trinajstić information content (AvgIpc) is 3.12. The molecule has 164 valence electrons. The minimum Gasteiger partial charge on any atom is -0.315 e. The summed E-state index contributed by atoms with van der Waals surface area (Å²) >= 11 is 0. The summed E-state index contributed by atoms with van der Waals surface area (Å²) in [6, 6.07) is 17.2. The van der Waals surface area contributed by atoms with Crippen molar-refractivity contribution in [1.29, 1.82) is 5.26 Å². The van der Waals surface area contributed by atoms with Gasteiger partial charge in [-0.3, -0.25) is 9.59 Å². The van der Waals surface area contributed by atoms with Crippen LogP contribution in [0.5, 0.6) is 0 Å². The predicted molar refractivity (Wildman–Crippen MR) is 124 cm³/mol. The van der Waals surface area contributed by atoms with Crippen LogP contribution in [0.25, 0.3) is 11.1 Å². The van der Waals surface area contributed by atoms with Gasteiger partial charge in [0.15, 0.2) is 5.78 Å². The molecule has 3 heterocycles. The van der Waals surface area contributed by atoms with Crippen LogP contribution in [0.15, 0.2) is 42.5 Å². The highest BCUT2D eigenvalue weighted by Crippen LogP contribution is 2.35. The SMILES string of the molecule is CN1C(=O)Cc2ccc(-c3ccc(C[C@@H](C#N)CC(=O)[C@H]4NC5CCC4CC5)cc3)cc21. The van der Waals surface area contributed by atoms with E-state index in [2.05, 4.69) is 35.7 Å². The highest BCUT2D eigenvalue weighted by atomic mass is 16.2. The zero-order valence-electron chi connectivity index (χ0n) is 18.5. The van der Waals surface area contributed by atoms with Gasteiger partial charge in [-0.15, -0.1) is 0 Å². The summed E-state index contributed by atoms with van der Waals surface area (Å²) in [7, 11) is 1.82. The summed E-state index contributed by atoms with van der Waals surface area (Å²) in [5.74, 6) is 0.489. The summed E-state index contributed by atoms with van der Waals surface area (Å²) in [6.07, 6.45) is 6.02. The molecular weight excluding hydrogens is 398 g/mol. The molecule has 6 rings (SSSR count). The summed E-state index contributed by atoms with van der Waals surface area (Å²) in [5, 5.41) is 13.2. The van der Waals surface area contributed by atoms with E-state index in [1.54, 1.807) is 4.90 Å². The Bertz CT molecular complexity index is 1080. The van der Waals surface area contributed by atoms with Crippen molar-refractivity contribution in [3.8, 4) is 17.2 Å². The summed E-state index contributed by atoms with van der Waals surface area (Å²) in [5.41, 5.74) is 5.27. The zero-order valence-corrected chi connectivity index (χ0v) is 18.5. The van der Waals surface area contributed by atoms with Crippen molar-refractivity contribution in [2.45, 2.75) is 57.0 Å². The molecule has 1 N–H and O–H groups in total. The van der Waals surface area contributed by atoms with E-state index < -0.39 is 0 Å². The number of hydrogen-bond acceptors (Lipinski definition) is 4. The number of Topliss-reactive ketones (excluding diaryl/α,β-unsaturated/α-hetero) is 1. The van der Waals surface area contributed by atoms with Gasteiger partial charge in [-0.05, 0) is 66.3 Å². The molecule has 2 saturated heterocycles. The third-order valence-electron chi connectivity index (χ3n) is 7.57. The van der Waals surface area contributed by atoms with Crippen LogP contribution in [0, 0.1) is 23.2 Å².